The van der Waals surface area contributed by atoms with E-state index in [4.69, 9.17) is 18.9 Å². The number of nitrogens with zero attached hydrogens (tertiary/aromatic N) is 1. The smallest absolute Gasteiger partial charge is 0.448 e. The van der Waals surface area contributed by atoms with E-state index in [0.29, 0.717) is 6.42 Å². The first-order chi connectivity index (χ1) is 18.9. The molecule has 2 aromatic carbocycles. The van der Waals surface area contributed by atoms with E-state index in [2.05, 4.69) is 0 Å². The number of esters is 1. The van der Waals surface area contributed by atoms with Crippen LogP contribution in [0, 0.1) is 0 Å². The number of hydrogen-bond donors (Lipinski definition) is 0. The van der Waals surface area contributed by atoms with Crippen molar-refractivity contribution in [1.29, 1.82) is 0 Å². The van der Waals surface area contributed by atoms with Gasteiger partial charge in [0.1, 0.15) is 6.10 Å². The van der Waals surface area contributed by atoms with E-state index in [1.54, 1.807) is 40.7 Å². The maximum absolute atomic E-state index is 14.9. The van der Waals surface area contributed by atoms with E-state index >= 15 is 0 Å². The molecular weight excluding hydrogens is 527 g/mol. The van der Waals surface area contributed by atoms with E-state index in [0.717, 1.165) is 5.56 Å². The SMILES string of the molecule is CCOC(=O)C(OC(=O)N(C(C)C)C(C)C)C1CC(CCc2ccccc2)O[C@@](c2ccccc2)(C(F)(F)F)O1. The molecule has 1 amide bonds. The fourth-order valence-electron chi connectivity index (χ4n) is 4.94. The Kier molecular flexibility index (Phi) is 10.6. The summed E-state index contributed by atoms with van der Waals surface area (Å²) in [6.07, 6.45) is -9.59. The van der Waals surface area contributed by atoms with Crippen molar-refractivity contribution in [3.63, 3.8) is 0 Å². The van der Waals surface area contributed by atoms with Crippen LogP contribution >= 0.6 is 0 Å². The van der Waals surface area contributed by atoms with Crippen LogP contribution in [0.1, 0.15) is 58.6 Å². The van der Waals surface area contributed by atoms with E-state index in [1.807, 2.05) is 30.3 Å². The monoisotopic (exact) mass is 565 g/mol. The molecule has 0 N–H and O–H groups in total. The predicted molar refractivity (Wildman–Crippen MR) is 142 cm³/mol. The summed E-state index contributed by atoms with van der Waals surface area (Å²) in [5.74, 6) is -4.17. The molecule has 1 heterocycles. The van der Waals surface area contributed by atoms with Crippen LogP contribution in [0.15, 0.2) is 60.7 Å². The minimum Gasteiger partial charge on any atom is -0.463 e. The topological polar surface area (TPSA) is 74.3 Å². The van der Waals surface area contributed by atoms with Crippen molar-refractivity contribution in [3.8, 4) is 0 Å². The second kappa shape index (κ2) is 13.5. The first kappa shape index (κ1) is 31.4. The summed E-state index contributed by atoms with van der Waals surface area (Å²) in [4.78, 5) is 27.7. The lowest BCUT2D eigenvalue weighted by atomic mass is 9.95. The molecule has 3 rings (SSSR count). The summed E-state index contributed by atoms with van der Waals surface area (Å²) in [5.41, 5.74) is 0.640. The van der Waals surface area contributed by atoms with Gasteiger partial charge in [-0.3, -0.25) is 0 Å². The van der Waals surface area contributed by atoms with Crippen molar-refractivity contribution in [3.05, 3.63) is 71.8 Å². The molecule has 0 spiro atoms. The predicted octanol–water partition coefficient (Wildman–Crippen LogP) is 6.40. The summed E-state index contributed by atoms with van der Waals surface area (Å²) in [5, 5.41) is 0. The molecule has 0 radical (unpaired) electrons. The number of aryl methyl sites for hydroxylation is 1. The van der Waals surface area contributed by atoms with Gasteiger partial charge in [-0.15, -0.1) is 0 Å². The highest BCUT2D eigenvalue weighted by Gasteiger charge is 2.64. The van der Waals surface area contributed by atoms with Crippen molar-refractivity contribution >= 4 is 12.1 Å². The summed E-state index contributed by atoms with van der Waals surface area (Å²) in [7, 11) is 0. The Morgan fingerprint density at radius 3 is 2.08 bits per heavy atom. The lowest BCUT2D eigenvalue weighted by Gasteiger charge is -2.46. The summed E-state index contributed by atoms with van der Waals surface area (Å²) in [6.45, 7) is 8.59. The molecule has 0 aromatic heterocycles. The first-order valence-electron chi connectivity index (χ1n) is 13.6. The summed E-state index contributed by atoms with van der Waals surface area (Å²) < 4.78 is 67.0. The number of rotatable bonds is 10. The normalized spacial score (nSPS) is 22.1. The van der Waals surface area contributed by atoms with Gasteiger partial charge in [0.15, 0.2) is 0 Å². The second-order valence-electron chi connectivity index (χ2n) is 10.3. The average molecular weight is 566 g/mol. The van der Waals surface area contributed by atoms with Gasteiger partial charge in [0.2, 0.25) is 6.10 Å². The molecule has 220 valence electrons. The maximum Gasteiger partial charge on any atom is 0.448 e. The van der Waals surface area contributed by atoms with Gasteiger partial charge in [-0.2, -0.15) is 13.2 Å². The average Bonchev–Trinajstić information content (AvgIpc) is 2.90. The zero-order chi connectivity index (χ0) is 29.5. The minimum atomic E-state index is -5.02. The van der Waals surface area contributed by atoms with Crippen LogP contribution in [0.2, 0.25) is 0 Å². The Hall–Kier alpha value is -3.11. The highest BCUT2D eigenvalue weighted by molar-refractivity contribution is 5.79. The van der Waals surface area contributed by atoms with Crippen LogP contribution < -0.4 is 0 Å². The number of benzene rings is 2. The van der Waals surface area contributed by atoms with Crippen LogP contribution in [0.4, 0.5) is 18.0 Å². The third-order valence-electron chi connectivity index (χ3n) is 6.68. The van der Waals surface area contributed by atoms with Crippen LogP contribution in [-0.2, 0) is 35.9 Å². The molecule has 1 aliphatic heterocycles. The highest BCUT2D eigenvalue weighted by Crippen LogP contribution is 2.49. The number of alkyl halides is 3. The fraction of sp³-hybridized carbons (Fsp3) is 0.533. The van der Waals surface area contributed by atoms with Crippen molar-refractivity contribution in [1.82, 2.24) is 4.90 Å². The fourth-order valence-corrected chi connectivity index (χ4v) is 4.94. The van der Waals surface area contributed by atoms with Crippen LogP contribution in [0.3, 0.4) is 0 Å². The van der Waals surface area contributed by atoms with Gasteiger partial charge in [-0.25, -0.2) is 9.59 Å². The quantitative estimate of drug-likeness (QED) is 0.311. The van der Waals surface area contributed by atoms with Crippen LogP contribution in [-0.4, -0.2) is 60.1 Å². The Morgan fingerprint density at radius 1 is 0.975 bits per heavy atom. The number of hydrogen-bond acceptors (Lipinski definition) is 6. The van der Waals surface area contributed by atoms with Gasteiger partial charge in [0.05, 0.1) is 12.7 Å². The van der Waals surface area contributed by atoms with Gasteiger partial charge in [-0.05, 0) is 53.0 Å². The Labute approximate surface area is 233 Å². The van der Waals surface area contributed by atoms with Gasteiger partial charge in [-0.1, -0.05) is 60.7 Å². The lowest BCUT2D eigenvalue weighted by Crippen LogP contribution is -2.59. The first-order valence-corrected chi connectivity index (χ1v) is 13.6. The summed E-state index contributed by atoms with van der Waals surface area (Å²) in [6, 6.07) is 15.7. The zero-order valence-electron chi connectivity index (χ0n) is 23.5. The zero-order valence-corrected chi connectivity index (χ0v) is 23.5. The van der Waals surface area contributed by atoms with Crippen LogP contribution in [0.5, 0.6) is 0 Å². The minimum absolute atomic E-state index is 0.0608. The van der Waals surface area contributed by atoms with Gasteiger partial charge in [0.25, 0.3) is 5.79 Å². The molecule has 40 heavy (non-hydrogen) atoms. The number of ether oxygens (including phenoxy) is 4. The maximum atomic E-state index is 14.9. The van der Waals surface area contributed by atoms with Crippen LogP contribution in [0.25, 0.3) is 0 Å². The molecule has 0 saturated carbocycles. The molecule has 10 heteroatoms. The molecule has 1 fully saturated rings. The Balaban J connectivity index is 2.04. The molecular formula is C30H38F3NO6. The number of carbonyl (C=O) groups is 2. The van der Waals surface area contributed by atoms with Crippen molar-refractivity contribution in [2.24, 2.45) is 0 Å². The Bertz CT molecular complexity index is 1090. The van der Waals surface area contributed by atoms with Crippen molar-refractivity contribution in [2.75, 3.05) is 6.61 Å². The molecule has 4 atom stereocenters. The van der Waals surface area contributed by atoms with E-state index in [9.17, 15) is 22.8 Å². The van der Waals surface area contributed by atoms with E-state index < -0.39 is 42.3 Å². The molecule has 3 unspecified atom stereocenters. The Morgan fingerprint density at radius 2 is 1.55 bits per heavy atom. The van der Waals surface area contributed by atoms with Gasteiger partial charge >= 0.3 is 18.2 Å². The molecule has 0 bridgehead atoms. The largest absolute Gasteiger partial charge is 0.463 e. The van der Waals surface area contributed by atoms with Crippen molar-refractivity contribution < 1.29 is 41.7 Å². The van der Waals surface area contributed by atoms with Crippen molar-refractivity contribution in [2.45, 2.75) is 96.2 Å². The van der Waals surface area contributed by atoms with Gasteiger partial charge < -0.3 is 23.8 Å². The number of halogens is 3. The molecule has 1 saturated heterocycles. The molecule has 2 aromatic rings. The number of carbonyl (C=O) groups excluding carboxylic acids is 2. The highest BCUT2D eigenvalue weighted by atomic mass is 19.4. The standard InChI is InChI=1S/C30H38F3NO6/c1-6-37-27(35)26(38-28(36)34(20(2)3)21(4)5)25-19-24(18-17-22-13-9-7-10-14-22)39-29(40-25,30(31,32)33)23-15-11-8-12-16-23/h7-16,20-21,24-26H,6,17-19H2,1-5H3/t24?,25?,26?,29-/m1/s1. The third kappa shape index (κ3) is 7.34. The molecule has 0 aliphatic carbocycles. The van der Waals surface area contributed by atoms with E-state index in [1.165, 1.54) is 29.2 Å². The van der Waals surface area contributed by atoms with E-state index in [-0.39, 0.29) is 37.1 Å². The van der Waals surface area contributed by atoms with Gasteiger partial charge in [0, 0.05) is 24.1 Å². The third-order valence-corrected chi connectivity index (χ3v) is 6.68. The molecule has 1 aliphatic rings. The second-order valence-corrected chi connectivity index (χ2v) is 10.3. The molecule has 7 nitrogen and oxygen atoms in total. The summed E-state index contributed by atoms with van der Waals surface area (Å²) >= 11 is 0. The number of amides is 1. The lowest BCUT2D eigenvalue weighted by molar-refractivity contribution is -0.439.